The van der Waals surface area contributed by atoms with E-state index in [1.165, 1.54) is 16.7 Å². The van der Waals surface area contributed by atoms with Gasteiger partial charge in [0.2, 0.25) is 0 Å². The molecule has 0 saturated carbocycles. The first kappa shape index (κ1) is 19.7. The Balaban J connectivity index is 1.80. The lowest BCUT2D eigenvalue weighted by Crippen LogP contribution is -2.30. The summed E-state index contributed by atoms with van der Waals surface area (Å²) in [6.45, 7) is 5.90. The third-order valence-corrected chi connectivity index (χ3v) is 4.89. The first-order chi connectivity index (χ1) is 13.4. The predicted octanol–water partition coefficient (Wildman–Crippen LogP) is 3.52. The van der Waals surface area contributed by atoms with Gasteiger partial charge < -0.3 is 19.9 Å². The van der Waals surface area contributed by atoms with Crippen LogP contribution in [0.5, 0.6) is 11.5 Å². The molecule has 0 aromatic heterocycles. The lowest BCUT2D eigenvalue weighted by Gasteiger charge is -2.20. The Labute approximate surface area is 164 Å². The van der Waals surface area contributed by atoms with Gasteiger partial charge in [-0.2, -0.15) is 0 Å². The second kappa shape index (κ2) is 8.33. The van der Waals surface area contributed by atoms with Gasteiger partial charge in [0, 0.05) is 5.56 Å². The normalized spacial score (nSPS) is 17.7. The van der Waals surface area contributed by atoms with Crippen molar-refractivity contribution in [3.63, 3.8) is 0 Å². The summed E-state index contributed by atoms with van der Waals surface area (Å²) in [5, 5.41) is 11.9. The second-order valence-corrected chi connectivity index (χ2v) is 7.11. The fraction of sp³-hybridized carbons (Fsp3) is 0.364. The number of carbonyl (C=O) groups excluding carboxylic acids is 1. The molecule has 0 saturated heterocycles. The summed E-state index contributed by atoms with van der Waals surface area (Å²) in [6.07, 6.45) is 0.937. The summed E-state index contributed by atoms with van der Waals surface area (Å²) >= 11 is 0. The van der Waals surface area contributed by atoms with Crippen molar-refractivity contribution in [2.45, 2.75) is 33.2 Å². The van der Waals surface area contributed by atoms with Crippen LogP contribution in [0.15, 0.2) is 36.4 Å². The van der Waals surface area contributed by atoms with E-state index in [4.69, 9.17) is 14.6 Å². The molecule has 1 aliphatic rings. The second-order valence-electron chi connectivity index (χ2n) is 7.11. The van der Waals surface area contributed by atoms with E-state index in [0.717, 1.165) is 6.42 Å². The van der Waals surface area contributed by atoms with E-state index in [1.54, 1.807) is 18.2 Å². The number of hydrogen-bond donors (Lipinski definition) is 2. The average molecular weight is 383 g/mol. The highest BCUT2D eigenvalue weighted by molar-refractivity contribution is 5.95. The number of aliphatic carboxylic acids is 1. The quantitative estimate of drug-likeness (QED) is 0.764. The van der Waals surface area contributed by atoms with Crippen molar-refractivity contribution in [1.29, 1.82) is 0 Å². The van der Waals surface area contributed by atoms with Gasteiger partial charge in [0.05, 0.1) is 12.6 Å². The molecule has 2 N–H and O–H groups in total. The Bertz CT molecular complexity index is 892. The fourth-order valence-electron chi connectivity index (χ4n) is 3.58. The summed E-state index contributed by atoms with van der Waals surface area (Å²) in [4.78, 5) is 23.6. The van der Waals surface area contributed by atoms with Crippen molar-refractivity contribution in [3.05, 3.63) is 58.7 Å². The Hall–Kier alpha value is -3.02. The maximum absolute atomic E-state index is 12.9. The molecule has 1 aliphatic carbocycles. The molecule has 0 radical (unpaired) electrons. The smallest absolute Gasteiger partial charge is 0.341 e. The third kappa shape index (κ3) is 4.27. The lowest BCUT2D eigenvalue weighted by molar-refractivity contribution is -0.139. The molecule has 0 bridgehead atoms. The van der Waals surface area contributed by atoms with E-state index in [1.807, 2.05) is 13.8 Å². The summed E-state index contributed by atoms with van der Waals surface area (Å²) in [5.74, 6) is -0.307. The van der Waals surface area contributed by atoms with Gasteiger partial charge in [-0.25, -0.2) is 4.79 Å². The van der Waals surface area contributed by atoms with E-state index in [-0.39, 0.29) is 11.9 Å². The van der Waals surface area contributed by atoms with Gasteiger partial charge in [-0.05, 0) is 55.5 Å². The molecular formula is C22H25NO5. The van der Waals surface area contributed by atoms with Crippen LogP contribution in [-0.4, -0.2) is 30.2 Å². The molecule has 148 valence electrons. The highest BCUT2D eigenvalue weighted by atomic mass is 16.5. The SMILES string of the molecule is CCOc1cc(C(=O)NC2c3cc(C)ccc3CC2C)ccc1OCC(=O)O. The summed E-state index contributed by atoms with van der Waals surface area (Å²) in [5.41, 5.74) is 4.06. The van der Waals surface area contributed by atoms with Crippen molar-refractivity contribution in [3.8, 4) is 11.5 Å². The summed E-state index contributed by atoms with van der Waals surface area (Å²) in [6, 6.07) is 11.1. The molecule has 0 fully saturated rings. The van der Waals surface area contributed by atoms with Crippen molar-refractivity contribution < 1.29 is 24.2 Å². The monoisotopic (exact) mass is 383 g/mol. The number of benzene rings is 2. The summed E-state index contributed by atoms with van der Waals surface area (Å²) < 4.78 is 10.8. The van der Waals surface area contributed by atoms with Crippen LogP contribution in [0.25, 0.3) is 0 Å². The van der Waals surface area contributed by atoms with Crippen molar-refractivity contribution >= 4 is 11.9 Å². The number of rotatable bonds is 7. The Kier molecular flexibility index (Phi) is 5.87. The topological polar surface area (TPSA) is 84.9 Å². The molecule has 28 heavy (non-hydrogen) atoms. The number of amides is 1. The van der Waals surface area contributed by atoms with Crippen molar-refractivity contribution in [2.24, 2.45) is 5.92 Å². The van der Waals surface area contributed by atoms with E-state index in [2.05, 4.69) is 30.4 Å². The molecule has 0 heterocycles. The van der Waals surface area contributed by atoms with E-state index < -0.39 is 12.6 Å². The number of carboxylic acids is 1. The van der Waals surface area contributed by atoms with Crippen LogP contribution in [-0.2, 0) is 11.2 Å². The van der Waals surface area contributed by atoms with Crippen LogP contribution in [0.1, 0.15) is 46.9 Å². The van der Waals surface area contributed by atoms with E-state index in [0.29, 0.717) is 29.6 Å². The van der Waals surface area contributed by atoms with Gasteiger partial charge in [-0.3, -0.25) is 4.79 Å². The fourth-order valence-corrected chi connectivity index (χ4v) is 3.58. The predicted molar refractivity (Wildman–Crippen MR) is 105 cm³/mol. The molecule has 2 atom stereocenters. The number of carboxylic acid groups (broad SMARTS) is 1. The Morgan fingerprint density at radius 2 is 1.93 bits per heavy atom. The van der Waals surface area contributed by atoms with Gasteiger partial charge in [-0.1, -0.05) is 30.7 Å². The standard InChI is InChI=1S/C22H25NO5/c1-4-27-19-11-16(7-8-18(19)28-12-20(24)25)22(26)23-21-14(3)10-15-6-5-13(2)9-17(15)21/h5-9,11,14,21H,4,10,12H2,1-3H3,(H,23,26)(H,24,25). The molecule has 0 spiro atoms. The number of nitrogens with one attached hydrogen (secondary N) is 1. The van der Waals surface area contributed by atoms with Crippen LogP contribution in [0.4, 0.5) is 0 Å². The minimum Gasteiger partial charge on any atom is -0.490 e. The third-order valence-electron chi connectivity index (χ3n) is 4.89. The highest BCUT2D eigenvalue weighted by Crippen LogP contribution is 2.37. The number of ether oxygens (including phenoxy) is 2. The van der Waals surface area contributed by atoms with Crippen molar-refractivity contribution in [1.82, 2.24) is 5.32 Å². The molecule has 0 aliphatic heterocycles. The number of carbonyl (C=O) groups is 2. The maximum atomic E-state index is 12.9. The molecule has 2 aromatic carbocycles. The molecular weight excluding hydrogens is 358 g/mol. The van der Waals surface area contributed by atoms with Crippen LogP contribution >= 0.6 is 0 Å². The molecule has 1 amide bonds. The maximum Gasteiger partial charge on any atom is 0.341 e. The van der Waals surface area contributed by atoms with Crippen LogP contribution < -0.4 is 14.8 Å². The van der Waals surface area contributed by atoms with Gasteiger partial charge in [-0.15, -0.1) is 0 Å². The molecule has 6 heteroatoms. The van der Waals surface area contributed by atoms with Gasteiger partial charge in [0.25, 0.3) is 5.91 Å². The Morgan fingerprint density at radius 3 is 2.64 bits per heavy atom. The first-order valence-electron chi connectivity index (χ1n) is 9.40. The van der Waals surface area contributed by atoms with Gasteiger partial charge >= 0.3 is 5.97 Å². The van der Waals surface area contributed by atoms with Crippen molar-refractivity contribution in [2.75, 3.05) is 13.2 Å². The average Bonchev–Trinajstić information content (AvgIpc) is 2.95. The van der Waals surface area contributed by atoms with E-state index in [9.17, 15) is 9.59 Å². The van der Waals surface area contributed by atoms with Crippen LogP contribution in [0.3, 0.4) is 0 Å². The first-order valence-corrected chi connectivity index (χ1v) is 9.40. The minimum absolute atomic E-state index is 0.0409. The highest BCUT2D eigenvalue weighted by Gasteiger charge is 2.31. The zero-order valence-corrected chi connectivity index (χ0v) is 16.3. The molecule has 3 rings (SSSR count). The summed E-state index contributed by atoms with van der Waals surface area (Å²) in [7, 11) is 0. The number of aryl methyl sites for hydroxylation is 1. The molecule has 2 aromatic rings. The Morgan fingerprint density at radius 1 is 1.14 bits per heavy atom. The van der Waals surface area contributed by atoms with Crippen LogP contribution in [0, 0.1) is 12.8 Å². The van der Waals surface area contributed by atoms with Gasteiger partial charge in [0.1, 0.15) is 0 Å². The zero-order chi connectivity index (χ0) is 20.3. The molecule has 2 unspecified atom stereocenters. The minimum atomic E-state index is -1.08. The van der Waals surface area contributed by atoms with E-state index >= 15 is 0 Å². The molecule has 6 nitrogen and oxygen atoms in total. The largest absolute Gasteiger partial charge is 0.490 e. The number of fused-ring (bicyclic) bond motifs is 1. The lowest BCUT2D eigenvalue weighted by atomic mass is 10.0. The van der Waals surface area contributed by atoms with Crippen LogP contribution in [0.2, 0.25) is 0 Å². The zero-order valence-electron chi connectivity index (χ0n) is 16.3. The number of hydrogen-bond acceptors (Lipinski definition) is 4. The van der Waals surface area contributed by atoms with Gasteiger partial charge in [0.15, 0.2) is 18.1 Å².